The fourth-order valence-corrected chi connectivity index (χ4v) is 3.49. The molecule has 3 nitrogen and oxygen atoms in total. The lowest BCUT2D eigenvalue weighted by Crippen LogP contribution is -2.41. The first kappa shape index (κ1) is 21.1. The lowest BCUT2D eigenvalue weighted by Gasteiger charge is -2.32. The summed E-state index contributed by atoms with van der Waals surface area (Å²) in [6.45, 7) is 7.40. The smallest absolute Gasteiger partial charge is 0.254 e. The van der Waals surface area contributed by atoms with Gasteiger partial charge in [0, 0.05) is 35.1 Å². The fourth-order valence-electron chi connectivity index (χ4n) is 3.27. The Kier molecular flexibility index (Phi) is 6.75. The summed E-state index contributed by atoms with van der Waals surface area (Å²) in [7, 11) is 0. The molecule has 0 unspecified atom stereocenters. The van der Waals surface area contributed by atoms with Gasteiger partial charge in [0.2, 0.25) is 0 Å². The second-order valence-corrected chi connectivity index (χ2v) is 8.12. The maximum Gasteiger partial charge on any atom is 0.254 e. The first-order valence-electron chi connectivity index (χ1n) is 9.80. The van der Waals surface area contributed by atoms with Crippen LogP contribution in [0.5, 0.6) is 0 Å². The maximum atomic E-state index is 13.3. The Hall–Kier alpha value is -2.59. The molecule has 0 aliphatic carbocycles. The first-order chi connectivity index (χ1) is 13.8. The highest BCUT2D eigenvalue weighted by molar-refractivity contribution is 6.30. The molecule has 0 bridgehead atoms. The van der Waals surface area contributed by atoms with Crippen molar-refractivity contribution < 1.29 is 9.18 Å². The molecule has 0 N–H and O–H groups in total. The molecule has 0 radical (unpaired) electrons. The largest absolute Gasteiger partial charge is 0.345 e. The molecule has 0 aliphatic rings. The second-order valence-electron chi connectivity index (χ2n) is 7.68. The normalized spacial score (nSPS) is 12.2. The van der Waals surface area contributed by atoms with Gasteiger partial charge in [-0.15, -0.1) is 0 Å². The van der Waals surface area contributed by atoms with Crippen LogP contribution in [0.4, 0.5) is 4.39 Å². The highest BCUT2D eigenvalue weighted by atomic mass is 35.5. The molecule has 29 heavy (non-hydrogen) atoms. The van der Waals surface area contributed by atoms with Gasteiger partial charge in [0.25, 0.3) is 5.91 Å². The molecule has 152 valence electrons. The molecule has 2 aromatic carbocycles. The summed E-state index contributed by atoms with van der Waals surface area (Å²) in [5.41, 5.74) is 2.63. The summed E-state index contributed by atoms with van der Waals surface area (Å²) in [5, 5.41) is 0.706. The van der Waals surface area contributed by atoms with Crippen LogP contribution in [0, 0.1) is 11.7 Å². The summed E-state index contributed by atoms with van der Waals surface area (Å²) in [4.78, 5) is 15.1. The van der Waals surface area contributed by atoms with Gasteiger partial charge in [-0.1, -0.05) is 37.6 Å². The van der Waals surface area contributed by atoms with Gasteiger partial charge < -0.3 is 9.47 Å². The zero-order valence-corrected chi connectivity index (χ0v) is 17.7. The van der Waals surface area contributed by atoms with Gasteiger partial charge in [0.05, 0.1) is 6.54 Å². The van der Waals surface area contributed by atoms with Crippen LogP contribution in [-0.2, 0) is 13.1 Å². The van der Waals surface area contributed by atoms with Gasteiger partial charge in [-0.05, 0) is 66.9 Å². The van der Waals surface area contributed by atoms with Gasteiger partial charge >= 0.3 is 0 Å². The number of aromatic nitrogens is 1. The number of hydrogen-bond acceptors (Lipinski definition) is 1. The van der Waals surface area contributed by atoms with Gasteiger partial charge in [-0.3, -0.25) is 4.79 Å². The summed E-state index contributed by atoms with van der Waals surface area (Å²) in [5.74, 6) is -0.155. The Morgan fingerprint density at radius 3 is 2.45 bits per heavy atom. The van der Waals surface area contributed by atoms with Crippen molar-refractivity contribution in [1.29, 1.82) is 0 Å². The lowest BCUT2D eigenvalue weighted by molar-refractivity contribution is 0.0622. The Morgan fingerprint density at radius 1 is 1.07 bits per heavy atom. The van der Waals surface area contributed by atoms with E-state index in [1.807, 2.05) is 47.5 Å². The summed E-state index contributed by atoms with van der Waals surface area (Å²) in [6, 6.07) is 17.6. The van der Waals surface area contributed by atoms with Crippen molar-refractivity contribution in [1.82, 2.24) is 9.47 Å². The Labute approximate surface area is 176 Å². The molecule has 0 aliphatic heterocycles. The molecule has 0 spiro atoms. The minimum absolute atomic E-state index is 0.0297. The third kappa shape index (κ3) is 5.27. The molecular weight excluding hydrogens is 387 g/mol. The average molecular weight is 413 g/mol. The summed E-state index contributed by atoms with van der Waals surface area (Å²) < 4.78 is 15.4. The molecule has 0 saturated carbocycles. The van der Waals surface area contributed by atoms with Crippen molar-refractivity contribution in [3.8, 4) is 0 Å². The standard InChI is InChI=1S/C24H26ClFN2O/c1-17(2)18(3)28(24(29)20-9-11-22(26)12-10-20)16-23-8-5-13-27(23)15-19-6-4-7-21(25)14-19/h4-14,17-18H,15-16H2,1-3H3/t18-/m1/s1. The van der Waals surface area contributed by atoms with Crippen LogP contribution in [0.15, 0.2) is 66.9 Å². The minimum atomic E-state index is -0.347. The van der Waals surface area contributed by atoms with E-state index in [0.717, 1.165) is 11.3 Å². The van der Waals surface area contributed by atoms with Crippen molar-refractivity contribution >= 4 is 17.5 Å². The van der Waals surface area contributed by atoms with Crippen LogP contribution < -0.4 is 0 Å². The highest BCUT2D eigenvalue weighted by Gasteiger charge is 2.25. The second kappa shape index (κ2) is 9.27. The molecule has 5 heteroatoms. The molecule has 3 aromatic rings. The molecule has 0 saturated heterocycles. The number of nitrogens with zero attached hydrogens (tertiary/aromatic N) is 2. The van der Waals surface area contributed by atoms with E-state index in [1.165, 1.54) is 12.1 Å². The van der Waals surface area contributed by atoms with E-state index in [-0.39, 0.29) is 23.7 Å². The van der Waals surface area contributed by atoms with Crippen LogP contribution in [0.3, 0.4) is 0 Å². The number of halogens is 2. The zero-order chi connectivity index (χ0) is 21.0. The summed E-state index contributed by atoms with van der Waals surface area (Å²) >= 11 is 6.12. The van der Waals surface area contributed by atoms with E-state index in [1.54, 1.807) is 12.1 Å². The van der Waals surface area contributed by atoms with Crippen LogP contribution in [-0.4, -0.2) is 21.4 Å². The molecular formula is C24H26ClFN2O. The molecule has 1 aromatic heterocycles. The quantitative estimate of drug-likeness (QED) is 0.466. The Morgan fingerprint density at radius 2 is 1.79 bits per heavy atom. The van der Waals surface area contributed by atoms with Crippen LogP contribution in [0.1, 0.15) is 42.4 Å². The third-order valence-corrected chi connectivity index (χ3v) is 5.54. The fraction of sp³-hybridized carbons (Fsp3) is 0.292. The number of amides is 1. The third-order valence-electron chi connectivity index (χ3n) is 5.31. The average Bonchev–Trinajstić information content (AvgIpc) is 3.12. The summed E-state index contributed by atoms with van der Waals surface area (Å²) in [6.07, 6.45) is 2.01. The van der Waals surface area contributed by atoms with Gasteiger partial charge in [0.1, 0.15) is 5.82 Å². The first-order valence-corrected chi connectivity index (χ1v) is 10.2. The highest BCUT2D eigenvalue weighted by Crippen LogP contribution is 2.20. The van der Waals surface area contributed by atoms with Crippen LogP contribution in [0.2, 0.25) is 5.02 Å². The minimum Gasteiger partial charge on any atom is -0.345 e. The molecule has 1 atom stereocenters. The van der Waals surface area contributed by atoms with Crippen molar-refractivity contribution in [3.05, 3.63) is 94.5 Å². The monoisotopic (exact) mass is 412 g/mol. The van der Waals surface area contributed by atoms with Gasteiger partial charge in [-0.25, -0.2) is 4.39 Å². The van der Waals surface area contributed by atoms with Crippen molar-refractivity contribution in [2.45, 2.75) is 39.9 Å². The van der Waals surface area contributed by atoms with E-state index in [4.69, 9.17) is 11.6 Å². The SMILES string of the molecule is CC(C)[C@@H](C)N(Cc1cccn1Cc1cccc(Cl)c1)C(=O)c1ccc(F)cc1. The van der Waals surface area contributed by atoms with Gasteiger partial charge in [0.15, 0.2) is 0 Å². The molecule has 0 fully saturated rings. The van der Waals surface area contributed by atoms with Crippen molar-refractivity contribution in [3.63, 3.8) is 0 Å². The molecule has 3 rings (SSSR count). The van der Waals surface area contributed by atoms with E-state index in [9.17, 15) is 9.18 Å². The number of rotatable bonds is 7. The van der Waals surface area contributed by atoms with Crippen LogP contribution in [0.25, 0.3) is 0 Å². The van der Waals surface area contributed by atoms with Gasteiger partial charge in [-0.2, -0.15) is 0 Å². The Balaban J connectivity index is 1.86. The number of carbonyl (C=O) groups excluding carboxylic acids is 1. The zero-order valence-electron chi connectivity index (χ0n) is 17.0. The van der Waals surface area contributed by atoms with Crippen molar-refractivity contribution in [2.75, 3.05) is 0 Å². The predicted octanol–water partition coefficient (Wildman–Crippen LogP) is 6.02. The van der Waals surface area contributed by atoms with E-state index in [2.05, 4.69) is 25.3 Å². The number of carbonyl (C=O) groups is 1. The van der Waals surface area contributed by atoms with E-state index >= 15 is 0 Å². The lowest BCUT2D eigenvalue weighted by atomic mass is 10.0. The molecule has 1 heterocycles. The van der Waals surface area contributed by atoms with E-state index < -0.39 is 0 Å². The van der Waals surface area contributed by atoms with E-state index in [0.29, 0.717) is 23.7 Å². The molecule has 1 amide bonds. The predicted molar refractivity (Wildman–Crippen MR) is 116 cm³/mol. The van der Waals surface area contributed by atoms with Crippen molar-refractivity contribution in [2.24, 2.45) is 5.92 Å². The Bertz CT molecular complexity index is 965. The van der Waals surface area contributed by atoms with Crippen LogP contribution >= 0.6 is 11.6 Å². The number of benzene rings is 2. The number of hydrogen-bond donors (Lipinski definition) is 0. The topological polar surface area (TPSA) is 25.2 Å². The maximum absolute atomic E-state index is 13.3.